The molecule has 7 N–H and O–H groups in total. The first kappa shape index (κ1) is 29.5. The van der Waals surface area contributed by atoms with Crippen molar-refractivity contribution in [3.8, 4) is 0 Å². The molecular weight excluding hydrogens is 444 g/mol. The number of carbonyl (C=O) groups is 4. The number of aliphatic carboxylic acids is 1. The largest absolute Gasteiger partial charge is 0.480 e. The predicted octanol–water partition coefficient (Wildman–Crippen LogP) is -0.604. The van der Waals surface area contributed by atoms with E-state index in [1.54, 1.807) is 25.6 Å². The van der Waals surface area contributed by atoms with Gasteiger partial charge in [-0.15, -0.1) is 0 Å². The predicted molar refractivity (Wildman–Crippen MR) is 124 cm³/mol. The SMILES string of the molecule is CSCCC(N)C(=O)NC(CCSC)C(=O)NC(C(=O)NC(C(=O)O)C(C)O)C(C)C. The minimum absolute atomic E-state index is 0.339. The molecule has 0 aromatic rings. The second kappa shape index (κ2) is 15.3. The van der Waals surface area contributed by atoms with Gasteiger partial charge in [-0.05, 0) is 49.7 Å². The zero-order chi connectivity index (χ0) is 24.1. The maximum absolute atomic E-state index is 12.9. The zero-order valence-electron chi connectivity index (χ0n) is 18.7. The number of hydrogen-bond acceptors (Lipinski definition) is 8. The van der Waals surface area contributed by atoms with Gasteiger partial charge < -0.3 is 31.9 Å². The first-order valence-electron chi connectivity index (χ1n) is 10.0. The molecule has 0 spiro atoms. The Morgan fingerprint density at radius 1 is 0.839 bits per heavy atom. The van der Waals surface area contributed by atoms with Crippen LogP contribution in [-0.2, 0) is 19.2 Å². The molecule has 10 nitrogen and oxygen atoms in total. The van der Waals surface area contributed by atoms with Gasteiger partial charge in [0.2, 0.25) is 17.7 Å². The molecule has 0 aliphatic carbocycles. The number of aliphatic hydroxyl groups is 1. The maximum Gasteiger partial charge on any atom is 0.328 e. The van der Waals surface area contributed by atoms with Crippen LogP contribution in [0.1, 0.15) is 33.6 Å². The van der Waals surface area contributed by atoms with E-state index in [2.05, 4.69) is 16.0 Å². The summed E-state index contributed by atoms with van der Waals surface area (Å²) in [5, 5.41) is 26.3. The molecule has 0 aromatic heterocycles. The number of carbonyl (C=O) groups excluding carboxylic acids is 3. The summed E-state index contributed by atoms with van der Waals surface area (Å²) in [6, 6.07) is -4.19. The smallest absolute Gasteiger partial charge is 0.328 e. The van der Waals surface area contributed by atoms with Gasteiger partial charge in [0.05, 0.1) is 12.1 Å². The molecule has 3 amide bonds. The normalized spacial score (nSPS) is 16.0. The summed E-state index contributed by atoms with van der Waals surface area (Å²) in [4.78, 5) is 49.1. The molecule has 0 radical (unpaired) electrons. The van der Waals surface area contributed by atoms with E-state index < -0.39 is 54.0 Å². The van der Waals surface area contributed by atoms with Crippen molar-refractivity contribution in [3.05, 3.63) is 0 Å². The van der Waals surface area contributed by atoms with E-state index in [1.165, 1.54) is 18.7 Å². The molecule has 0 aliphatic heterocycles. The monoisotopic (exact) mass is 480 g/mol. The molecule has 5 atom stereocenters. The summed E-state index contributed by atoms with van der Waals surface area (Å²) >= 11 is 3.07. The molecular formula is C19H36N4O6S2. The molecule has 0 aliphatic rings. The first-order valence-corrected chi connectivity index (χ1v) is 12.8. The van der Waals surface area contributed by atoms with Crippen molar-refractivity contribution < 1.29 is 29.4 Å². The number of amides is 3. The van der Waals surface area contributed by atoms with Crippen LogP contribution in [0.15, 0.2) is 0 Å². The number of rotatable bonds is 15. The van der Waals surface area contributed by atoms with E-state index in [0.29, 0.717) is 24.3 Å². The number of hydrogen-bond donors (Lipinski definition) is 6. The number of carboxylic acids is 1. The molecule has 180 valence electrons. The summed E-state index contributed by atoms with van der Waals surface area (Å²) in [6.45, 7) is 4.63. The fourth-order valence-corrected chi connectivity index (χ4v) is 3.54. The summed E-state index contributed by atoms with van der Waals surface area (Å²) in [6.07, 6.45) is 3.26. The Morgan fingerprint density at radius 2 is 1.35 bits per heavy atom. The molecule has 0 heterocycles. The number of nitrogens with two attached hydrogens (primary N) is 1. The van der Waals surface area contributed by atoms with Crippen LogP contribution in [0.2, 0.25) is 0 Å². The van der Waals surface area contributed by atoms with Gasteiger partial charge in [0.1, 0.15) is 12.1 Å². The Balaban J connectivity index is 5.31. The fraction of sp³-hybridized carbons (Fsp3) is 0.789. The third-order valence-corrected chi connectivity index (χ3v) is 5.79. The van der Waals surface area contributed by atoms with Gasteiger partial charge in [0.15, 0.2) is 6.04 Å². The highest BCUT2D eigenvalue weighted by atomic mass is 32.2. The molecule has 0 rings (SSSR count). The first-order chi connectivity index (χ1) is 14.5. The van der Waals surface area contributed by atoms with Gasteiger partial charge in [-0.25, -0.2) is 4.79 Å². The summed E-state index contributed by atoms with van der Waals surface area (Å²) < 4.78 is 0. The molecule has 0 saturated carbocycles. The third-order valence-electron chi connectivity index (χ3n) is 4.51. The van der Waals surface area contributed by atoms with Crippen molar-refractivity contribution in [2.24, 2.45) is 11.7 Å². The van der Waals surface area contributed by atoms with Gasteiger partial charge in [0.25, 0.3) is 0 Å². The van der Waals surface area contributed by atoms with Gasteiger partial charge in [-0.3, -0.25) is 14.4 Å². The van der Waals surface area contributed by atoms with Crippen LogP contribution in [-0.4, -0.2) is 88.2 Å². The van der Waals surface area contributed by atoms with Gasteiger partial charge in [0, 0.05) is 0 Å². The van der Waals surface area contributed by atoms with Crippen molar-refractivity contribution in [1.82, 2.24) is 16.0 Å². The standard InChI is InChI=1S/C19H36N4O6S2/c1-10(2)14(18(27)23-15(11(3)24)19(28)29)22-17(26)13(7-9-31-5)21-16(25)12(20)6-8-30-4/h10-15,24H,6-9,20H2,1-5H3,(H,21,25)(H,22,26)(H,23,27)(H,28,29). The van der Waals surface area contributed by atoms with Crippen LogP contribution in [0, 0.1) is 5.92 Å². The average Bonchev–Trinajstić information content (AvgIpc) is 2.69. The molecule has 0 fully saturated rings. The Bertz CT molecular complexity index is 606. The van der Waals surface area contributed by atoms with Crippen LogP contribution in [0.3, 0.4) is 0 Å². The molecule has 0 saturated heterocycles. The Labute approximate surface area is 192 Å². The van der Waals surface area contributed by atoms with Crippen molar-refractivity contribution >= 4 is 47.2 Å². The quantitative estimate of drug-likeness (QED) is 0.179. The second-order valence-electron chi connectivity index (χ2n) is 7.53. The topological polar surface area (TPSA) is 171 Å². The van der Waals surface area contributed by atoms with Crippen molar-refractivity contribution in [2.75, 3.05) is 24.0 Å². The van der Waals surface area contributed by atoms with Crippen molar-refractivity contribution in [2.45, 2.75) is 63.9 Å². The van der Waals surface area contributed by atoms with Gasteiger partial charge in [-0.1, -0.05) is 13.8 Å². The van der Waals surface area contributed by atoms with E-state index >= 15 is 0 Å². The van der Waals surface area contributed by atoms with E-state index in [4.69, 9.17) is 10.8 Å². The third kappa shape index (κ3) is 11.1. The van der Waals surface area contributed by atoms with E-state index in [1.807, 2.05) is 12.5 Å². The number of aliphatic hydroxyl groups excluding tert-OH is 1. The molecule has 31 heavy (non-hydrogen) atoms. The highest BCUT2D eigenvalue weighted by Crippen LogP contribution is 2.08. The Hall–Kier alpha value is -1.50. The van der Waals surface area contributed by atoms with E-state index in [0.717, 1.165) is 0 Å². The lowest BCUT2D eigenvalue weighted by molar-refractivity contribution is -0.145. The lowest BCUT2D eigenvalue weighted by atomic mass is 10.0. The highest BCUT2D eigenvalue weighted by molar-refractivity contribution is 7.98. The molecule has 0 aromatic carbocycles. The highest BCUT2D eigenvalue weighted by Gasteiger charge is 2.33. The van der Waals surface area contributed by atoms with Gasteiger partial charge in [-0.2, -0.15) is 23.5 Å². The van der Waals surface area contributed by atoms with Crippen LogP contribution in [0.25, 0.3) is 0 Å². The molecule has 5 unspecified atom stereocenters. The van der Waals surface area contributed by atoms with Crippen LogP contribution >= 0.6 is 23.5 Å². The Morgan fingerprint density at radius 3 is 1.81 bits per heavy atom. The molecule has 0 bridgehead atoms. The van der Waals surface area contributed by atoms with Crippen molar-refractivity contribution in [3.63, 3.8) is 0 Å². The number of nitrogens with one attached hydrogen (secondary N) is 3. The lowest BCUT2D eigenvalue weighted by Gasteiger charge is -2.27. The average molecular weight is 481 g/mol. The number of thioether (sulfide) groups is 2. The van der Waals surface area contributed by atoms with Gasteiger partial charge >= 0.3 is 5.97 Å². The second-order valence-corrected chi connectivity index (χ2v) is 9.50. The zero-order valence-corrected chi connectivity index (χ0v) is 20.3. The molecule has 12 heteroatoms. The van der Waals surface area contributed by atoms with Crippen LogP contribution in [0.5, 0.6) is 0 Å². The maximum atomic E-state index is 12.9. The van der Waals surface area contributed by atoms with Crippen LogP contribution in [0.4, 0.5) is 0 Å². The summed E-state index contributed by atoms with van der Waals surface area (Å²) in [5.41, 5.74) is 5.88. The summed E-state index contributed by atoms with van der Waals surface area (Å²) in [7, 11) is 0. The fourth-order valence-electron chi connectivity index (χ4n) is 2.58. The Kier molecular flexibility index (Phi) is 14.6. The summed E-state index contributed by atoms with van der Waals surface area (Å²) in [5.74, 6) is -2.18. The lowest BCUT2D eigenvalue weighted by Crippen LogP contribution is -2.59. The van der Waals surface area contributed by atoms with E-state index in [9.17, 15) is 24.3 Å². The van der Waals surface area contributed by atoms with Crippen molar-refractivity contribution in [1.29, 1.82) is 0 Å². The number of carboxylic acid groups (broad SMARTS) is 1. The minimum atomic E-state index is -1.51. The minimum Gasteiger partial charge on any atom is -0.480 e. The van der Waals surface area contributed by atoms with E-state index in [-0.39, 0.29) is 5.92 Å². The van der Waals surface area contributed by atoms with Crippen LogP contribution < -0.4 is 21.7 Å².